The molecule has 1 fully saturated rings. The second-order valence-corrected chi connectivity index (χ2v) is 11.4. The number of amides is 2. The first-order valence-corrected chi connectivity index (χ1v) is 15.5. The van der Waals surface area contributed by atoms with Crippen LogP contribution in [0.2, 0.25) is 0 Å². The standard InChI is InChI=1S/C38H36N4O4/c1-26-10-15-31(33(25-26)27-7-4-3-5-8-27)37-30(32-9-6-20-39-38(32)40-37)16-18-35(44)41-21-23-42(24-22-41)36(45)19-17-34(43)28-11-13-29(46-2)14-12-28/h3-15,17,19-20,25H,16,18,21-24H2,1-2H3,(H,39,40)/b19-17+. The zero-order valence-corrected chi connectivity index (χ0v) is 26.0. The Hall–Kier alpha value is -5.50. The highest BCUT2D eigenvalue weighted by molar-refractivity contribution is 6.07. The van der Waals surface area contributed by atoms with Crippen LogP contribution in [0.4, 0.5) is 0 Å². The van der Waals surface area contributed by atoms with Gasteiger partial charge in [-0.25, -0.2) is 4.98 Å². The van der Waals surface area contributed by atoms with Crippen molar-refractivity contribution in [3.63, 3.8) is 0 Å². The molecule has 1 N–H and O–H groups in total. The third-order valence-electron chi connectivity index (χ3n) is 8.49. The molecular formula is C38H36N4O4. The molecule has 8 heteroatoms. The van der Waals surface area contributed by atoms with Gasteiger partial charge >= 0.3 is 0 Å². The summed E-state index contributed by atoms with van der Waals surface area (Å²) in [6.45, 7) is 3.82. The Labute approximate surface area is 268 Å². The van der Waals surface area contributed by atoms with E-state index in [4.69, 9.17) is 4.74 Å². The number of ether oxygens (including phenoxy) is 1. The van der Waals surface area contributed by atoms with Gasteiger partial charge in [0.25, 0.3) is 0 Å². The van der Waals surface area contributed by atoms with E-state index in [0.717, 1.165) is 39.0 Å². The predicted octanol–water partition coefficient (Wildman–Crippen LogP) is 6.26. The maximum absolute atomic E-state index is 13.4. The van der Waals surface area contributed by atoms with E-state index < -0.39 is 0 Å². The normalized spacial score (nSPS) is 13.3. The molecule has 0 saturated carbocycles. The molecule has 6 rings (SSSR count). The lowest BCUT2D eigenvalue weighted by molar-refractivity contribution is -0.137. The monoisotopic (exact) mass is 612 g/mol. The molecule has 2 aromatic heterocycles. The van der Waals surface area contributed by atoms with Crippen LogP contribution in [0.15, 0.2) is 103 Å². The lowest BCUT2D eigenvalue weighted by atomic mass is 9.92. The molecule has 5 aromatic rings. The number of aromatic amines is 1. The molecule has 0 radical (unpaired) electrons. The fraction of sp³-hybridized carbons (Fsp3) is 0.211. The van der Waals surface area contributed by atoms with Crippen molar-refractivity contribution in [2.24, 2.45) is 0 Å². The number of aromatic nitrogens is 2. The predicted molar refractivity (Wildman–Crippen MR) is 180 cm³/mol. The van der Waals surface area contributed by atoms with Crippen LogP contribution in [0.25, 0.3) is 33.4 Å². The van der Waals surface area contributed by atoms with Gasteiger partial charge in [0.15, 0.2) is 5.78 Å². The zero-order chi connectivity index (χ0) is 32.0. The third-order valence-corrected chi connectivity index (χ3v) is 8.49. The molecule has 1 aliphatic rings. The summed E-state index contributed by atoms with van der Waals surface area (Å²) in [5, 5.41) is 1.01. The van der Waals surface area contributed by atoms with Crippen LogP contribution >= 0.6 is 0 Å². The van der Waals surface area contributed by atoms with E-state index in [1.54, 1.807) is 42.5 Å². The van der Waals surface area contributed by atoms with Crippen molar-refractivity contribution in [1.82, 2.24) is 19.8 Å². The first-order valence-electron chi connectivity index (χ1n) is 15.5. The fourth-order valence-corrected chi connectivity index (χ4v) is 5.97. The van der Waals surface area contributed by atoms with Gasteiger partial charge in [-0.3, -0.25) is 14.4 Å². The van der Waals surface area contributed by atoms with E-state index in [9.17, 15) is 14.4 Å². The molecule has 46 heavy (non-hydrogen) atoms. The smallest absolute Gasteiger partial charge is 0.246 e. The molecule has 0 aliphatic carbocycles. The number of carbonyl (C=O) groups is 3. The van der Waals surface area contributed by atoms with Crippen LogP contribution in [0.3, 0.4) is 0 Å². The highest BCUT2D eigenvalue weighted by Gasteiger charge is 2.24. The Balaban J connectivity index is 1.12. The number of carbonyl (C=O) groups excluding carboxylic acids is 3. The number of ketones is 1. The van der Waals surface area contributed by atoms with Crippen LogP contribution < -0.4 is 4.74 Å². The van der Waals surface area contributed by atoms with Crippen molar-refractivity contribution in [2.45, 2.75) is 19.8 Å². The average Bonchev–Trinajstić information content (AvgIpc) is 3.48. The Morgan fingerprint density at radius 3 is 2.33 bits per heavy atom. The maximum Gasteiger partial charge on any atom is 0.246 e. The number of piperazine rings is 1. The van der Waals surface area contributed by atoms with E-state index in [1.807, 2.05) is 29.2 Å². The van der Waals surface area contributed by atoms with Crippen molar-refractivity contribution in [3.8, 4) is 28.1 Å². The Bertz CT molecular complexity index is 1900. The Morgan fingerprint density at radius 1 is 0.848 bits per heavy atom. The molecular weight excluding hydrogens is 576 g/mol. The van der Waals surface area contributed by atoms with E-state index in [0.29, 0.717) is 50.3 Å². The van der Waals surface area contributed by atoms with Crippen molar-refractivity contribution >= 4 is 28.6 Å². The fourth-order valence-electron chi connectivity index (χ4n) is 5.97. The first-order chi connectivity index (χ1) is 22.4. The minimum atomic E-state index is -0.252. The molecule has 0 spiro atoms. The maximum atomic E-state index is 13.4. The van der Waals surface area contributed by atoms with Gasteiger partial charge in [0.2, 0.25) is 11.8 Å². The van der Waals surface area contributed by atoms with Gasteiger partial charge in [-0.05, 0) is 72.5 Å². The quantitative estimate of drug-likeness (QED) is 0.157. The number of hydrogen-bond acceptors (Lipinski definition) is 5. The van der Waals surface area contributed by atoms with Gasteiger partial charge in [0, 0.05) is 61.4 Å². The number of allylic oxidation sites excluding steroid dienone is 1. The molecule has 2 amide bonds. The van der Waals surface area contributed by atoms with E-state index in [1.165, 1.54) is 17.7 Å². The highest BCUT2D eigenvalue weighted by Crippen LogP contribution is 2.37. The van der Waals surface area contributed by atoms with E-state index in [2.05, 4.69) is 53.3 Å². The van der Waals surface area contributed by atoms with Crippen LogP contribution in [-0.2, 0) is 16.0 Å². The van der Waals surface area contributed by atoms with Crippen LogP contribution in [-0.4, -0.2) is 70.7 Å². The number of methoxy groups -OCH3 is 1. The number of aryl methyl sites for hydroxylation is 2. The summed E-state index contributed by atoms with van der Waals surface area (Å²) in [6.07, 6.45) is 5.27. The molecule has 1 saturated heterocycles. The van der Waals surface area contributed by atoms with Crippen molar-refractivity contribution in [1.29, 1.82) is 0 Å². The topological polar surface area (TPSA) is 95.6 Å². The van der Waals surface area contributed by atoms with Gasteiger partial charge in [-0.2, -0.15) is 0 Å². The third kappa shape index (κ3) is 6.61. The zero-order valence-electron chi connectivity index (χ0n) is 26.0. The molecule has 1 aliphatic heterocycles. The number of nitrogens with one attached hydrogen (secondary N) is 1. The summed E-state index contributed by atoms with van der Waals surface area (Å²) < 4.78 is 5.13. The van der Waals surface area contributed by atoms with E-state index in [-0.39, 0.29) is 17.6 Å². The molecule has 0 atom stereocenters. The van der Waals surface area contributed by atoms with Crippen LogP contribution in [0.1, 0.15) is 27.9 Å². The van der Waals surface area contributed by atoms with Crippen molar-refractivity contribution < 1.29 is 19.1 Å². The Morgan fingerprint density at radius 2 is 1.59 bits per heavy atom. The van der Waals surface area contributed by atoms with Crippen LogP contribution in [0.5, 0.6) is 5.75 Å². The summed E-state index contributed by atoms with van der Waals surface area (Å²) in [4.78, 5) is 50.3. The van der Waals surface area contributed by atoms with Crippen molar-refractivity contribution in [2.75, 3.05) is 33.3 Å². The molecule has 3 heterocycles. The summed E-state index contributed by atoms with van der Waals surface area (Å²) in [5.41, 5.74) is 7.82. The van der Waals surface area contributed by atoms with Crippen LogP contribution in [0, 0.1) is 6.92 Å². The average molecular weight is 613 g/mol. The lowest BCUT2D eigenvalue weighted by Crippen LogP contribution is -2.50. The SMILES string of the molecule is COc1ccc(C(=O)/C=C/C(=O)N2CCN(C(=O)CCc3c(-c4ccc(C)cc4-c4ccccc4)[nH]c4ncccc34)CC2)cc1. The van der Waals surface area contributed by atoms with Crippen molar-refractivity contribution in [3.05, 3.63) is 120 Å². The molecule has 3 aromatic carbocycles. The van der Waals surface area contributed by atoms with Gasteiger partial charge in [-0.15, -0.1) is 0 Å². The minimum Gasteiger partial charge on any atom is -0.497 e. The van der Waals surface area contributed by atoms with E-state index >= 15 is 0 Å². The summed E-state index contributed by atoms with van der Waals surface area (Å²) >= 11 is 0. The van der Waals surface area contributed by atoms with Gasteiger partial charge in [0.05, 0.1) is 12.8 Å². The first kappa shape index (κ1) is 30.5. The number of fused-ring (bicyclic) bond motifs is 1. The minimum absolute atomic E-state index is 0.0497. The summed E-state index contributed by atoms with van der Waals surface area (Å²) in [5.74, 6) is 0.218. The number of benzene rings is 3. The largest absolute Gasteiger partial charge is 0.497 e. The van der Waals surface area contributed by atoms with Gasteiger partial charge < -0.3 is 19.5 Å². The number of hydrogen-bond donors (Lipinski definition) is 1. The molecule has 0 unspecified atom stereocenters. The number of H-pyrrole nitrogens is 1. The highest BCUT2D eigenvalue weighted by atomic mass is 16.5. The molecule has 232 valence electrons. The number of rotatable bonds is 9. The number of nitrogens with zero attached hydrogens (tertiary/aromatic N) is 3. The second kappa shape index (κ2) is 13.6. The molecule has 8 nitrogen and oxygen atoms in total. The summed E-state index contributed by atoms with van der Waals surface area (Å²) in [7, 11) is 1.56. The van der Waals surface area contributed by atoms with Gasteiger partial charge in [0.1, 0.15) is 11.4 Å². The second-order valence-electron chi connectivity index (χ2n) is 11.4. The number of pyridine rings is 1. The van der Waals surface area contributed by atoms with Gasteiger partial charge in [-0.1, -0.05) is 54.1 Å². The lowest BCUT2D eigenvalue weighted by Gasteiger charge is -2.34. The Kier molecular flexibility index (Phi) is 9.06. The summed E-state index contributed by atoms with van der Waals surface area (Å²) in [6, 6.07) is 27.5. The molecule has 0 bridgehead atoms.